The van der Waals surface area contributed by atoms with E-state index in [1.54, 1.807) is 0 Å². The van der Waals surface area contributed by atoms with E-state index in [9.17, 15) is 0 Å². The van der Waals surface area contributed by atoms with Crippen LogP contribution in [0.4, 0.5) is 0 Å². The second-order valence-corrected chi connectivity index (χ2v) is 9.29. The predicted molar refractivity (Wildman–Crippen MR) is 126 cm³/mol. The molecule has 1 aromatic heterocycles. The van der Waals surface area contributed by atoms with E-state index in [0.717, 1.165) is 44.4 Å². The number of benzene rings is 1. The lowest BCUT2D eigenvalue weighted by Gasteiger charge is -2.38. The summed E-state index contributed by atoms with van der Waals surface area (Å²) < 4.78 is 5.81. The molecule has 4 rings (SSSR count). The molecule has 0 bridgehead atoms. The Bertz CT molecular complexity index is 822. The summed E-state index contributed by atoms with van der Waals surface area (Å²) in [5.41, 5.74) is 1.30. The number of rotatable bonds is 6. The zero-order valence-corrected chi connectivity index (χ0v) is 19.0. The molecule has 3 unspecified atom stereocenters. The molecule has 5 nitrogen and oxygen atoms in total. The third kappa shape index (κ3) is 4.98. The fourth-order valence-electron chi connectivity index (χ4n) is 4.76. The van der Waals surface area contributed by atoms with Crippen LogP contribution in [0, 0.1) is 5.92 Å². The van der Waals surface area contributed by atoms with Gasteiger partial charge in [-0.05, 0) is 68.8 Å². The van der Waals surface area contributed by atoms with Crippen molar-refractivity contribution in [2.75, 3.05) is 39.8 Å². The molecule has 0 saturated carbocycles. The van der Waals surface area contributed by atoms with Gasteiger partial charge in [-0.15, -0.1) is 11.3 Å². The number of fused-ring (bicyclic) bond motifs is 1. The zero-order valence-electron chi connectivity index (χ0n) is 18.1. The van der Waals surface area contributed by atoms with Crippen LogP contribution in [0.25, 0.3) is 0 Å². The van der Waals surface area contributed by atoms with Crippen molar-refractivity contribution in [1.82, 2.24) is 15.5 Å². The monoisotopic (exact) mass is 426 g/mol. The van der Waals surface area contributed by atoms with Gasteiger partial charge in [0.15, 0.2) is 5.96 Å². The third-order valence-corrected chi connectivity index (χ3v) is 7.21. The van der Waals surface area contributed by atoms with Crippen LogP contribution >= 0.6 is 11.3 Å². The Morgan fingerprint density at radius 3 is 2.93 bits per heavy atom. The fourth-order valence-corrected chi connectivity index (χ4v) is 5.74. The van der Waals surface area contributed by atoms with E-state index in [-0.39, 0.29) is 0 Å². The van der Waals surface area contributed by atoms with Gasteiger partial charge in [0.25, 0.3) is 0 Å². The topological polar surface area (TPSA) is 48.9 Å². The van der Waals surface area contributed by atoms with Crippen molar-refractivity contribution in [2.45, 2.75) is 38.1 Å². The smallest absolute Gasteiger partial charge is 0.191 e. The number of likely N-dealkylation sites (tertiary alicyclic amines) is 1. The van der Waals surface area contributed by atoms with E-state index >= 15 is 0 Å². The van der Waals surface area contributed by atoms with Crippen LogP contribution < -0.4 is 15.4 Å². The molecule has 1 saturated heterocycles. The molecule has 0 spiro atoms. The number of thiophene rings is 1. The summed E-state index contributed by atoms with van der Waals surface area (Å²) in [5.74, 6) is 2.97. The number of piperidine rings is 1. The molecule has 0 aliphatic carbocycles. The highest BCUT2D eigenvalue weighted by molar-refractivity contribution is 7.10. The van der Waals surface area contributed by atoms with Gasteiger partial charge in [0.1, 0.15) is 5.75 Å². The summed E-state index contributed by atoms with van der Waals surface area (Å²) in [5, 5.41) is 9.24. The molecule has 2 aromatic rings. The van der Waals surface area contributed by atoms with Crippen molar-refractivity contribution < 1.29 is 4.74 Å². The highest BCUT2D eigenvalue weighted by Crippen LogP contribution is 2.37. The van der Waals surface area contributed by atoms with Crippen LogP contribution in [-0.2, 0) is 0 Å². The van der Waals surface area contributed by atoms with Gasteiger partial charge in [-0.25, -0.2) is 0 Å². The quantitative estimate of drug-likeness (QED) is 0.535. The molecule has 0 radical (unpaired) electrons. The number of hydrogen-bond acceptors (Lipinski definition) is 4. The lowest BCUT2D eigenvalue weighted by molar-refractivity contribution is 0.128. The van der Waals surface area contributed by atoms with Crippen LogP contribution in [0.1, 0.15) is 48.6 Å². The van der Waals surface area contributed by atoms with Gasteiger partial charge in [0.05, 0.1) is 6.61 Å². The first-order chi connectivity index (χ1) is 14.8. The van der Waals surface area contributed by atoms with E-state index in [2.05, 4.69) is 65.2 Å². The zero-order chi connectivity index (χ0) is 20.8. The molecule has 162 valence electrons. The summed E-state index contributed by atoms with van der Waals surface area (Å²) in [6.45, 7) is 6.69. The predicted octanol–water partition coefficient (Wildman–Crippen LogP) is 4.25. The van der Waals surface area contributed by atoms with Crippen LogP contribution in [0.5, 0.6) is 5.75 Å². The van der Waals surface area contributed by atoms with E-state index < -0.39 is 0 Å². The summed E-state index contributed by atoms with van der Waals surface area (Å²) >= 11 is 1.87. The maximum absolute atomic E-state index is 5.81. The van der Waals surface area contributed by atoms with Crippen LogP contribution in [-0.4, -0.2) is 50.7 Å². The van der Waals surface area contributed by atoms with E-state index in [1.807, 2.05) is 17.4 Å². The molecule has 2 aliphatic heterocycles. The number of hydrogen-bond donors (Lipinski definition) is 2. The molecule has 2 aliphatic rings. The standard InChI is InChI=1S/C24H34N4OS/c1-3-25-24(26-16-18-12-14-29-21-10-5-4-9-20(18)21)27-17-19-8-6-13-28(2)23(19)22-11-7-15-30-22/h4-5,7,9-11,15,18-19,23H,3,6,8,12-14,16-17H2,1-2H3,(H2,25,26,27). The number of nitrogens with zero attached hydrogens (tertiary/aromatic N) is 2. The number of para-hydroxylation sites is 1. The molecule has 0 amide bonds. The normalized spacial score (nSPS) is 24.7. The Balaban J connectivity index is 1.41. The molecule has 1 fully saturated rings. The van der Waals surface area contributed by atoms with E-state index in [4.69, 9.17) is 9.73 Å². The fraction of sp³-hybridized carbons (Fsp3) is 0.542. The van der Waals surface area contributed by atoms with Crippen molar-refractivity contribution in [2.24, 2.45) is 10.9 Å². The highest BCUT2D eigenvalue weighted by atomic mass is 32.1. The first-order valence-corrected chi connectivity index (χ1v) is 12.1. The van der Waals surface area contributed by atoms with Gasteiger partial charge >= 0.3 is 0 Å². The molecular weight excluding hydrogens is 392 g/mol. The number of ether oxygens (including phenoxy) is 1. The van der Waals surface area contributed by atoms with Crippen molar-refractivity contribution in [3.05, 3.63) is 52.2 Å². The summed E-state index contributed by atoms with van der Waals surface area (Å²) in [6, 6.07) is 13.3. The third-order valence-electron chi connectivity index (χ3n) is 6.27. The number of guanidine groups is 1. The summed E-state index contributed by atoms with van der Waals surface area (Å²) in [6.07, 6.45) is 3.53. The first-order valence-electron chi connectivity index (χ1n) is 11.2. The Labute approximate surface area is 184 Å². The van der Waals surface area contributed by atoms with Gasteiger partial charge in [-0.2, -0.15) is 0 Å². The SMILES string of the molecule is CCNC(=NCC1CCCN(C)C1c1cccs1)NCC1CCOc2ccccc21. The van der Waals surface area contributed by atoms with Gasteiger partial charge in [-0.1, -0.05) is 24.3 Å². The molecule has 6 heteroatoms. The second-order valence-electron chi connectivity index (χ2n) is 8.32. The highest BCUT2D eigenvalue weighted by Gasteiger charge is 2.31. The van der Waals surface area contributed by atoms with Crippen LogP contribution in [0.2, 0.25) is 0 Å². The largest absolute Gasteiger partial charge is 0.493 e. The Hall–Kier alpha value is -2.05. The van der Waals surface area contributed by atoms with Gasteiger partial charge in [0.2, 0.25) is 0 Å². The molecule has 3 atom stereocenters. The van der Waals surface area contributed by atoms with Crippen molar-refractivity contribution >= 4 is 17.3 Å². The van der Waals surface area contributed by atoms with Gasteiger partial charge in [-0.3, -0.25) is 9.89 Å². The van der Waals surface area contributed by atoms with E-state index in [1.165, 1.54) is 29.8 Å². The van der Waals surface area contributed by atoms with Crippen molar-refractivity contribution in [3.63, 3.8) is 0 Å². The van der Waals surface area contributed by atoms with Crippen molar-refractivity contribution in [1.29, 1.82) is 0 Å². The lowest BCUT2D eigenvalue weighted by Crippen LogP contribution is -2.41. The average molecular weight is 427 g/mol. The van der Waals surface area contributed by atoms with Crippen LogP contribution in [0.3, 0.4) is 0 Å². The van der Waals surface area contributed by atoms with Gasteiger partial charge < -0.3 is 15.4 Å². The minimum atomic E-state index is 0.457. The first kappa shape index (κ1) is 21.2. The van der Waals surface area contributed by atoms with E-state index in [0.29, 0.717) is 17.9 Å². The Morgan fingerprint density at radius 1 is 1.20 bits per heavy atom. The summed E-state index contributed by atoms with van der Waals surface area (Å²) in [7, 11) is 2.26. The molecule has 3 heterocycles. The second kappa shape index (κ2) is 10.3. The lowest BCUT2D eigenvalue weighted by atomic mass is 9.88. The Kier molecular flexibility index (Phi) is 7.28. The average Bonchev–Trinajstić information content (AvgIpc) is 3.30. The molecule has 1 aromatic carbocycles. The van der Waals surface area contributed by atoms with Crippen LogP contribution in [0.15, 0.2) is 46.8 Å². The molecular formula is C24H34N4OS. The van der Waals surface area contributed by atoms with Crippen molar-refractivity contribution in [3.8, 4) is 5.75 Å². The molecule has 2 N–H and O–H groups in total. The number of aliphatic imine (C=N–C) groups is 1. The Morgan fingerprint density at radius 2 is 2.10 bits per heavy atom. The van der Waals surface area contributed by atoms with Gasteiger partial charge in [0, 0.05) is 36.5 Å². The minimum Gasteiger partial charge on any atom is -0.493 e. The summed E-state index contributed by atoms with van der Waals surface area (Å²) in [4.78, 5) is 8.99. The molecule has 30 heavy (non-hydrogen) atoms. The number of nitrogens with one attached hydrogen (secondary N) is 2. The maximum atomic E-state index is 5.81. The maximum Gasteiger partial charge on any atom is 0.191 e. The minimum absolute atomic E-state index is 0.457.